The minimum Gasteiger partial charge on any atom is -0.464 e. The molecule has 0 saturated carbocycles. The Labute approximate surface area is 119 Å². The molecule has 1 aliphatic heterocycles. The van der Waals surface area contributed by atoms with E-state index in [4.69, 9.17) is 4.74 Å². The second kappa shape index (κ2) is 5.70. The molecule has 2 amide bonds. The lowest BCUT2D eigenvalue weighted by atomic mass is 10.1. The van der Waals surface area contributed by atoms with E-state index in [9.17, 15) is 24.5 Å². The zero-order chi connectivity index (χ0) is 15.6. The number of esters is 1. The standard InChI is InChI=1S/C13H12N2O6/c1-2-11(16)21-6-5-14-12(17)9-4-3-8(15(19)20)7-10(9)13(14)18/h3-4,7H,2,5-6H2,1H3. The topological polar surface area (TPSA) is 107 Å². The molecular weight excluding hydrogens is 280 g/mol. The van der Waals surface area contributed by atoms with Gasteiger partial charge in [-0.25, -0.2) is 0 Å². The molecule has 0 spiro atoms. The van der Waals surface area contributed by atoms with Gasteiger partial charge in [0.25, 0.3) is 17.5 Å². The lowest BCUT2D eigenvalue weighted by Gasteiger charge is -2.13. The third kappa shape index (κ3) is 2.73. The van der Waals surface area contributed by atoms with Crippen molar-refractivity contribution < 1.29 is 24.0 Å². The van der Waals surface area contributed by atoms with E-state index in [0.717, 1.165) is 11.0 Å². The van der Waals surface area contributed by atoms with Crippen LogP contribution in [0, 0.1) is 10.1 Å². The van der Waals surface area contributed by atoms with Crippen LogP contribution >= 0.6 is 0 Å². The predicted molar refractivity (Wildman–Crippen MR) is 69.7 cm³/mol. The Hall–Kier alpha value is -2.77. The molecular formula is C13H12N2O6. The summed E-state index contributed by atoms with van der Waals surface area (Å²) < 4.78 is 4.82. The Kier molecular flexibility index (Phi) is 3.97. The highest BCUT2D eigenvalue weighted by atomic mass is 16.6. The van der Waals surface area contributed by atoms with Crippen LogP contribution in [-0.4, -0.2) is 40.8 Å². The molecule has 0 unspecified atom stereocenters. The average molecular weight is 292 g/mol. The van der Waals surface area contributed by atoms with Crippen molar-refractivity contribution in [1.82, 2.24) is 4.90 Å². The summed E-state index contributed by atoms with van der Waals surface area (Å²) in [5.41, 5.74) is -0.141. The van der Waals surface area contributed by atoms with E-state index in [2.05, 4.69) is 0 Å². The molecule has 0 aliphatic carbocycles. The van der Waals surface area contributed by atoms with Crippen LogP contribution < -0.4 is 0 Å². The van der Waals surface area contributed by atoms with Crippen LogP contribution in [-0.2, 0) is 9.53 Å². The Morgan fingerprint density at radius 3 is 2.57 bits per heavy atom. The number of hydrogen-bond acceptors (Lipinski definition) is 6. The fourth-order valence-corrected chi connectivity index (χ4v) is 1.95. The number of nitrogens with zero attached hydrogens (tertiary/aromatic N) is 2. The highest BCUT2D eigenvalue weighted by Crippen LogP contribution is 2.26. The SMILES string of the molecule is CCC(=O)OCCN1C(=O)c2ccc([N+](=O)[O-])cc2C1=O. The number of amides is 2. The number of carbonyl (C=O) groups excluding carboxylic acids is 3. The van der Waals surface area contributed by atoms with E-state index in [0.29, 0.717) is 0 Å². The summed E-state index contributed by atoms with van der Waals surface area (Å²) in [7, 11) is 0. The van der Waals surface area contributed by atoms with Gasteiger partial charge in [-0.1, -0.05) is 6.92 Å². The number of fused-ring (bicyclic) bond motifs is 1. The fraction of sp³-hybridized carbons (Fsp3) is 0.308. The third-order valence-corrected chi connectivity index (χ3v) is 3.03. The first-order chi connectivity index (χ1) is 9.95. The van der Waals surface area contributed by atoms with Gasteiger partial charge in [0.2, 0.25) is 0 Å². The summed E-state index contributed by atoms with van der Waals surface area (Å²) in [6.45, 7) is 1.45. The number of ether oxygens (including phenoxy) is 1. The van der Waals surface area contributed by atoms with Crippen molar-refractivity contribution in [1.29, 1.82) is 0 Å². The van der Waals surface area contributed by atoms with Crippen molar-refractivity contribution in [2.45, 2.75) is 13.3 Å². The molecule has 1 heterocycles. The molecule has 0 fully saturated rings. The number of hydrogen-bond donors (Lipinski definition) is 0. The van der Waals surface area contributed by atoms with Crippen LogP contribution in [0.1, 0.15) is 34.1 Å². The van der Waals surface area contributed by atoms with E-state index < -0.39 is 22.7 Å². The molecule has 0 atom stereocenters. The molecule has 2 rings (SSSR count). The molecule has 1 aromatic rings. The summed E-state index contributed by atoms with van der Waals surface area (Å²) in [5.74, 6) is -1.59. The van der Waals surface area contributed by atoms with Crippen LogP contribution in [0.2, 0.25) is 0 Å². The number of nitro benzene ring substituents is 1. The lowest BCUT2D eigenvalue weighted by molar-refractivity contribution is -0.384. The molecule has 0 bridgehead atoms. The van der Waals surface area contributed by atoms with Gasteiger partial charge in [0.15, 0.2) is 0 Å². The number of rotatable bonds is 5. The molecule has 110 valence electrons. The van der Waals surface area contributed by atoms with E-state index in [1.807, 2.05) is 0 Å². The summed E-state index contributed by atoms with van der Waals surface area (Å²) >= 11 is 0. The summed E-state index contributed by atoms with van der Waals surface area (Å²) in [5, 5.41) is 10.7. The molecule has 1 aromatic carbocycles. The van der Waals surface area contributed by atoms with Crippen molar-refractivity contribution >= 4 is 23.5 Å². The molecule has 21 heavy (non-hydrogen) atoms. The minimum atomic E-state index is -0.635. The van der Waals surface area contributed by atoms with Gasteiger partial charge in [0.05, 0.1) is 22.6 Å². The molecule has 8 heteroatoms. The Bertz CT molecular complexity index is 640. The molecule has 0 aromatic heterocycles. The van der Waals surface area contributed by atoms with Crippen molar-refractivity contribution in [3.8, 4) is 0 Å². The molecule has 1 aliphatic rings. The van der Waals surface area contributed by atoms with Crippen LogP contribution in [0.25, 0.3) is 0 Å². The van der Waals surface area contributed by atoms with Crippen LogP contribution in [0.3, 0.4) is 0 Å². The zero-order valence-corrected chi connectivity index (χ0v) is 11.2. The van der Waals surface area contributed by atoms with Gasteiger partial charge in [-0.15, -0.1) is 0 Å². The molecule has 0 N–H and O–H groups in total. The van der Waals surface area contributed by atoms with Gasteiger partial charge in [-0.2, -0.15) is 0 Å². The Balaban J connectivity index is 2.14. The monoisotopic (exact) mass is 292 g/mol. The lowest BCUT2D eigenvalue weighted by Crippen LogP contribution is -2.33. The van der Waals surface area contributed by atoms with E-state index in [-0.39, 0.29) is 36.4 Å². The van der Waals surface area contributed by atoms with Crippen LogP contribution in [0.4, 0.5) is 5.69 Å². The van der Waals surface area contributed by atoms with E-state index in [1.54, 1.807) is 6.92 Å². The molecule has 0 saturated heterocycles. The van der Waals surface area contributed by atoms with Gasteiger partial charge < -0.3 is 4.74 Å². The van der Waals surface area contributed by atoms with Crippen LogP contribution in [0.5, 0.6) is 0 Å². The van der Waals surface area contributed by atoms with E-state index in [1.165, 1.54) is 12.1 Å². The molecule has 0 radical (unpaired) electrons. The number of imide groups is 1. The van der Waals surface area contributed by atoms with Gasteiger partial charge in [-0.05, 0) is 6.07 Å². The maximum Gasteiger partial charge on any atom is 0.305 e. The van der Waals surface area contributed by atoms with Gasteiger partial charge in [0, 0.05) is 18.6 Å². The van der Waals surface area contributed by atoms with Gasteiger partial charge in [0.1, 0.15) is 6.61 Å². The summed E-state index contributed by atoms with van der Waals surface area (Å²) in [4.78, 5) is 46.1. The average Bonchev–Trinajstić information content (AvgIpc) is 2.71. The Morgan fingerprint density at radius 2 is 1.95 bits per heavy atom. The normalized spacial score (nSPS) is 13.3. The first kappa shape index (κ1) is 14.6. The van der Waals surface area contributed by atoms with Crippen molar-refractivity contribution in [2.75, 3.05) is 13.2 Å². The van der Waals surface area contributed by atoms with Crippen molar-refractivity contribution in [3.63, 3.8) is 0 Å². The largest absolute Gasteiger partial charge is 0.464 e. The highest BCUT2D eigenvalue weighted by Gasteiger charge is 2.36. The third-order valence-electron chi connectivity index (χ3n) is 3.03. The minimum absolute atomic E-state index is 0.00369. The van der Waals surface area contributed by atoms with E-state index >= 15 is 0 Å². The second-order valence-electron chi connectivity index (χ2n) is 4.32. The maximum atomic E-state index is 12.1. The van der Waals surface area contributed by atoms with Gasteiger partial charge in [-0.3, -0.25) is 29.4 Å². The fourth-order valence-electron chi connectivity index (χ4n) is 1.95. The first-order valence-electron chi connectivity index (χ1n) is 6.26. The Morgan fingerprint density at radius 1 is 1.29 bits per heavy atom. The maximum absolute atomic E-state index is 12.1. The first-order valence-corrected chi connectivity index (χ1v) is 6.26. The smallest absolute Gasteiger partial charge is 0.305 e. The summed E-state index contributed by atoms with van der Waals surface area (Å²) in [6.07, 6.45) is 0.203. The van der Waals surface area contributed by atoms with Crippen molar-refractivity contribution in [3.05, 3.63) is 39.4 Å². The van der Waals surface area contributed by atoms with Crippen LogP contribution in [0.15, 0.2) is 18.2 Å². The quantitative estimate of drug-likeness (QED) is 0.348. The highest BCUT2D eigenvalue weighted by molar-refractivity contribution is 6.21. The number of non-ortho nitro benzene ring substituents is 1. The predicted octanol–water partition coefficient (Wildman–Crippen LogP) is 1.14. The van der Waals surface area contributed by atoms with Gasteiger partial charge >= 0.3 is 5.97 Å². The molecule has 8 nitrogen and oxygen atoms in total. The number of carbonyl (C=O) groups is 3. The summed E-state index contributed by atoms with van der Waals surface area (Å²) in [6, 6.07) is 3.50. The van der Waals surface area contributed by atoms with Crippen molar-refractivity contribution in [2.24, 2.45) is 0 Å². The second-order valence-corrected chi connectivity index (χ2v) is 4.32. The number of benzene rings is 1. The zero-order valence-electron chi connectivity index (χ0n) is 11.2. The number of nitro groups is 1.